The fourth-order valence-electron chi connectivity index (χ4n) is 1.24. The van der Waals surface area contributed by atoms with E-state index in [2.05, 4.69) is 25.0 Å². The van der Waals surface area contributed by atoms with Gasteiger partial charge in [-0.05, 0) is 31.5 Å². The van der Waals surface area contributed by atoms with Gasteiger partial charge in [0.1, 0.15) is 0 Å². The highest BCUT2D eigenvalue weighted by Gasteiger charge is 2.00. The van der Waals surface area contributed by atoms with Crippen molar-refractivity contribution in [2.75, 3.05) is 0 Å². The zero-order valence-corrected chi connectivity index (χ0v) is 8.18. The van der Waals surface area contributed by atoms with Crippen molar-refractivity contribution in [1.29, 1.82) is 0 Å². The van der Waals surface area contributed by atoms with Gasteiger partial charge in [0, 0.05) is 11.9 Å². The zero-order chi connectivity index (χ0) is 9.14. The number of fused-ring (bicyclic) bond motifs is 1. The van der Waals surface area contributed by atoms with Gasteiger partial charge in [0.25, 0.3) is 0 Å². The van der Waals surface area contributed by atoms with Gasteiger partial charge in [-0.15, -0.1) is 0 Å². The van der Waals surface area contributed by atoms with Crippen molar-refractivity contribution in [3.05, 3.63) is 29.6 Å². The molecular formula is C10H16N2. The maximum Gasteiger partial charge on any atom is 0.0670 e. The Morgan fingerprint density at radius 2 is 1.92 bits per heavy atom. The quantitative estimate of drug-likeness (QED) is 0.618. The number of hydrogen-bond donors (Lipinski definition) is 1. The van der Waals surface area contributed by atoms with Crippen molar-refractivity contribution in [2.24, 2.45) is 0 Å². The lowest BCUT2D eigenvalue weighted by Gasteiger charge is -1.82. The number of aryl methyl sites for hydroxylation is 2. The van der Waals surface area contributed by atoms with Crippen molar-refractivity contribution in [3.63, 3.8) is 0 Å². The smallest absolute Gasteiger partial charge is 0.0670 e. The van der Waals surface area contributed by atoms with Crippen LogP contribution in [0.15, 0.2) is 18.3 Å². The van der Waals surface area contributed by atoms with E-state index in [0.29, 0.717) is 0 Å². The van der Waals surface area contributed by atoms with Crippen LogP contribution < -0.4 is 0 Å². The number of H-pyrrole nitrogens is 1. The fraction of sp³-hybridized carbons (Fsp3) is 0.400. The largest absolute Gasteiger partial charge is 0.298 e. The summed E-state index contributed by atoms with van der Waals surface area (Å²) in [5.74, 6) is 0. The highest BCUT2D eigenvalue weighted by Crippen LogP contribution is 2.13. The Labute approximate surface area is 73.2 Å². The summed E-state index contributed by atoms with van der Waals surface area (Å²) in [6.45, 7) is 8.21. The van der Waals surface area contributed by atoms with Crippen LogP contribution in [0.4, 0.5) is 0 Å². The van der Waals surface area contributed by atoms with E-state index in [1.807, 2.05) is 30.6 Å². The highest BCUT2D eigenvalue weighted by atomic mass is 15.2. The van der Waals surface area contributed by atoms with Crippen LogP contribution in [0.3, 0.4) is 0 Å². The van der Waals surface area contributed by atoms with Gasteiger partial charge in [0.15, 0.2) is 0 Å². The van der Waals surface area contributed by atoms with E-state index in [-0.39, 0.29) is 0 Å². The van der Waals surface area contributed by atoms with E-state index in [4.69, 9.17) is 0 Å². The summed E-state index contributed by atoms with van der Waals surface area (Å²) < 4.78 is 2.03. The van der Waals surface area contributed by atoms with E-state index >= 15 is 0 Å². The van der Waals surface area contributed by atoms with Crippen LogP contribution in [0, 0.1) is 13.8 Å². The standard InChI is InChI=1S/C8H10N2.C2H6/c1-6-7(2)9-10-5-3-4-8(6)10;1-2/h3-5,9H,1-2H3;1-2H3. The average molecular weight is 164 g/mol. The molecule has 0 aliphatic carbocycles. The van der Waals surface area contributed by atoms with Gasteiger partial charge in [0.05, 0.1) is 5.52 Å². The van der Waals surface area contributed by atoms with E-state index < -0.39 is 0 Å². The van der Waals surface area contributed by atoms with E-state index in [9.17, 15) is 0 Å². The number of aromatic nitrogens is 2. The molecule has 0 aromatic carbocycles. The molecule has 1 N–H and O–H groups in total. The molecule has 2 rings (SSSR count). The summed E-state index contributed by atoms with van der Waals surface area (Å²) in [6.07, 6.45) is 2.02. The van der Waals surface area contributed by atoms with Gasteiger partial charge in [-0.1, -0.05) is 13.8 Å². The van der Waals surface area contributed by atoms with Crippen LogP contribution in [0.25, 0.3) is 5.52 Å². The summed E-state index contributed by atoms with van der Waals surface area (Å²) in [5.41, 5.74) is 3.86. The minimum Gasteiger partial charge on any atom is -0.298 e. The number of nitrogens with zero attached hydrogens (tertiary/aromatic N) is 1. The topological polar surface area (TPSA) is 20.2 Å². The normalized spacial score (nSPS) is 9.67. The first kappa shape index (κ1) is 8.91. The molecule has 2 nitrogen and oxygen atoms in total. The Balaban J connectivity index is 0.000000336. The third-order valence-electron chi connectivity index (χ3n) is 1.98. The van der Waals surface area contributed by atoms with Crippen molar-refractivity contribution >= 4 is 5.52 Å². The Hall–Kier alpha value is -1.18. The average Bonchev–Trinajstić information content (AvgIpc) is 2.62. The number of rotatable bonds is 0. The molecule has 2 aromatic heterocycles. The van der Waals surface area contributed by atoms with Crippen molar-refractivity contribution in [3.8, 4) is 0 Å². The molecule has 0 saturated carbocycles. The van der Waals surface area contributed by atoms with E-state index in [1.165, 1.54) is 16.8 Å². The molecule has 2 heterocycles. The van der Waals surface area contributed by atoms with Gasteiger partial charge in [-0.3, -0.25) is 9.61 Å². The first-order valence-electron chi connectivity index (χ1n) is 4.41. The van der Waals surface area contributed by atoms with E-state index in [1.54, 1.807) is 0 Å². The van der Waals surface area contributed by atoms with Crippen LogP contribution >= 0.6 is 0 Å². The maximum absolute atomic E-state index is 3.22. The molecule has 0 radical (unpaired) electrons. The van der Waals surface area contributed by atoms with Gasteiger partial charge < -0.3 is 0 Å². The second-order valence-corrected chi connectivity index (χ2v) is 2.63. The molecule has 2 aromatic rings. The van der Waals surface area contributed by atoms with Crippen LogP contribution in [0.2, 0.25) is 0 Å². The van der Waals surface area contributed by atoms with Crippen molar-refractivity contribution in [2.45, 2.75) is 27.7 Å². The lowest BCUT2D eigenvalue weighted by molar-refractivity contribution is 0.945. The minimum atomic E-state index is 1.25. The fourth-order valence-corrected chi connectivity index (χ4v) is 1.24. The molecule has 0 fully saturated rings. The molecule has 0 bridgehead atoms. The van der Waals surface area contributed by atoms with Crippen LogP contribution in [0.5, 0.6) is 0 Å². The molecule has 0 amide bonds. The highest BCUT2D eigenvalue weighted by molar-refractivity contribution is 5.55. The summed E-state index contributed by atoms with van der Waals surface area (Å²) >= 11 is 0. The van der Waals surface area contributed by atoms with Crippen LogP contribution in [-0.2, 0) is 0 Å². The number of aromatic amines is 1. The Morgan fingerprint density at radius 3 is 2.50 bits per heavy atom. The second kappa shape index (κ2) is 3.48. The second-order valence-electron chi connectivity index (χ2n) is 2.63. The van der Waals surface area contributed by atoms with Gasteiger partial charge in [-0.25, -0.2) is 0 Å². The molecular weight excluding hydrogens is 148 g/mol. The molecule has 12 heavy (non-hydrogen) atoms. The third-order valence-corrected chi connectivity index (χ3v) is 1.98. The van der Waals surface area contributed by atoms with Crippen LogP contribution in [-0.4, -0.2) is 9.61 Å². The monoisotopic (exact) mass is 164 g/mol. The molecule has 0 aliphatic heterocycles. The Morgan fingerprint density at radius 1 is 1.25 bits per heavy atom. The van der Waals surface area contributed by atoms with Crippen LogP contribution in [0.1, 0.15) is 25.1 Å². The minimum absolute atomic E-state index is 1.25. The maximum atomic E-state index is 3.22. The molecule has 0 saturated heterocycles. The van der Waals surface area contributed by atoms with Gasteiger partial charge in [-0.2, -0.15) is 0 Å². The molecule has 2 heteroatoms. The van der Waals surface area contributed by atoms with E-state index in [0.717, 1.165) is 0 Å². The van der Waals surface area contributed by atoms with Crippen molar-refractivity contribution in [1.82, 2.24) is 9.61 Å². The molecule has 0 atom stereocenters. The number of hydrogen-bond acceptors (Lipinski definition) is 0. The van der Waals surface area contributed by atoms with Gasteiger partial charge >= 0.3 is 0 Å². The summed E-state index contributed by atoms with van der Waals surface area (Å²) in [4.78, 5) is 0. The summed E-state index contributed by atoms with van der Waals surface area (Å²) in [5, 5.41) is 3.22. The Kier molecular flexibility index (Phi) is 2.58. The summed E-state index contributed by atoms with van der Waals surface area (Å²) in [7, 11) is 0. The predicted octanol–water partition coefficient (Wildman–Crippen LogP) is 2.91. The first-order chi connectivity index (χ1) is 5.79. The molecule has 66 valence electrons. The number of nitrogens with one attached hydrogen (secondary N) is 1. The third kappa shape index (κ3) is 1.24. The molecule has 0 aliphatic rings. The molecule has 0 spiro atoms. The first-order valence-corrected chi connectivity index (χ1v) is 4.41. The lowest BCUT2D eigenvalue weighted by atomic mass is 10.2. The summed E-state index contributed by atoms with van der Waals surface area (Å²) in [6, 6.07) is 4.15. The predicted molar refractivity (Wildman–Crippen MR) is 52.6 cm³/mol. The SMILES string of the molecule is CC.Cc1[nH]n2cccc2c1C. The molecule has 0 unspecified atom stereocenters. The van der Waals surface area contributed by atoms with Gasteiger partial charge in [0.2, 0.25) is 0 Å². The lowest BCUT2D eigenvalue weighted by Crippen LogP contribution is -1.78. The Bertz CT molecular complexity index is 355. The zero-order valence-electron chi connectivity index (χ0n) is 8.18. The van der Waals surface area contributed by atoms with Crippen molar-refractivity contribution < 1.29 is 0 Å².